The molecule has 1 N–H and O–H groups in total. The molecule has 0 spiro atoms. The number of ether oxygens (including phenoxy) is 2. The van der Waals surface area contributed by atoms with Gasteiger partial charge in [0.25, 0.3) is 0 Å². The van der Waals surface area contributed by atoms with E-state index in [9.17, 15) is 9.59 Å². The molecule has 5 nitrogen and oxygen atoms in total. The average Bonchev–Trinajstić information content (AvgIpc) is 2.92. The molecule has 3 rings (SSSR count). The van der Waals surface area contributed by atoms with E-state index in [1.165, 1.54) is 6.92 Å². The second-order valence-corrected chi connectivity index (χ2v) is 6.25. The second-order valence-electron chi connectivity index (χ2n) is 6.25. The fraction of sp³-hybridized carbons (Fsp3) is 0.300. The molecule has 0 radical (unpaired) electrons. The first kappa shape index (κ1) is 17.0. The van der Waals surface area contributed by atoms with Crippen molar-refractivity contribution >= 4 is 17.6 Å². The van der Waals surface area contributed by atoms with E-state index in [2.05, 4.69) is 5.32 Å². The number of carbonyl (C=O) groups excluding carboxylic acids is 2. The molecular weight excluding hydrogens is 318 g/mol. The van der Waals surface area contributed by atoms with Crippen molar-refractivity contribution < 1.29 is 19.1 Å². The molecule has 0 unspecified atom stereocenters. The summed E-state index contributed by atoms with van der Waals surface area (Å²) in [7, 11) is 0. The van der Waals surface area contributed by atoms with Crippen LogP contribution < -0.4 is 10.1 Å². The molecule has 1 aliphatic heterocycles. The Bertz CT molecular complexity index is 802. The van der Waals surface area contributed by atoms with Crippen LogP contribution in [0.3, 0.4) is 0 Å². The molecule has 0 fully saturated rings. The lowest BCUT2D eigenvalue weighted by Gasteiger charge is -2.19. The van der Waals surface area contributed by atoms with E-state index in [1.54, 1.807) is 19.1 Å². The van der Waals surface area contributed by atoms with E-state index >= 15 is 0 Å². The smallest absolute Gasteiger partial charge is 0.348 e. The van der Waals surface area contributed by atoms with Crippen molar-refractivity contribution in [2.24, 2.45) is 0 Å². The van der Waals surface area contributed by atoms with Gasteiger partial charge in [-0.1, -0.05) is 37.3 Å². The first-order valence-corrected chi connectivity index (χ1v) is 8.29. The molecule has 1 heterocycles. The zero-order chi connectivity index (χ0) is 18.0. The number of para-hydroxylation sites is 1. The fourth-order valence-electron chi connectivity index (χ4n) is 3.00. The minimum atomic E-state index is -0.640. The third-order valence-corrected chi connectivity index (χ3v) is 4.32. The van der Waals surface area contributed by atoms with Gasteiger partial charge in [0.15, 0.2) is 0 Å². The van der Waals surface area contributed by atoms with Crippen LogP contribution in [0.25, 0.3) is 0 Å². The Morgan fingerprint density at radius 1 is 1.16 bits per heavy atom. The number of rotatable bonds is 4. The van der Waals surface area contributed by atoms with Gasteiger partial charge in [-0.05, 0) is 30.7 Å². The lowest BCUT2D eigenvalue weighted by Crippen LogP contribution is -2.30. The van der Waals surface area contributed by atoms with Crippen LogP contribution in [0.1, 0.15) is 43.9 Å². The van der Waals surface area contributed by atoms with Crippen LogP contribution in [0.5, 0.6) is 5.75 Å². The van der Waals surface area contributed by atoms with E-state index in [-0.39, 0.29) is 17.8 Å². The summed E-state index contributed by atoms with van der Waals surface area (Å²) in [5, 5.41) is 2.72. The van der Waals surface area contributed by atoms with Gasteiger partial charge in [0, 0.05) is 24.1 Å². The molecule has 5 heteroatoms. The number of carbonyl (C=O) groups is 2. The SMILES string of the molecule is CC(=O)Nc1cccc([C@H](C)OC(=O)[C@@H]2Oc3ccccc3[C@H]2C)c1. The molecule has 2 aromatic rings. The summed E-state index contributed by atoms with van der Waals surface area (Å²) in [5.41, 5.74) is 2.50. The molecular formula is C20H21NO4. The van der Waals surface area contributed by atoms with E-state index in [1.807, 2.05) is 43.3 Å². The van der Waals surface area contributed by atoms with Gasteiger partial charge in [0.1, 0.15) is 11.9 Å². The predicted molar refractivity (Wildman–Crippen MR) is 94.5 cm³/mol. The lowest BCUT2D eigenvalue weighted by atomic mass is 9.98. The van der Waals surface area contributed by atoms with Crippen LogP contribution in [0.15, 0.2) is 48.5 Å². The lowest BCUT2D eigenvalue weighted by molar-refractivity contribution is -0.157. The quantitative estimate of drug-likeness (QED) is 0.860. The van der Waals surface area contributed by atoms with Gasteiger partial charge in [-0.3, -0.25) is 4.79 Å². The summed E-state index contributed by atoms with van der Waals surface area (Å²) in [6, 6.07) is 14.9. The Labute approximate surface area is 147 Å². The Morgan fingerprint density at radius 2 is 1.92 bits per heavy atom. The number of amides is 1. The molecule has 0 aromatic heterocycles. The number of anilines is 1. The number of nitrogens with one attached hydrogen (secondary N) is 1. The Balaban J connectivity index is 1.68. The van der Waals surface area contributed by atoms with Crippen LogP contribution in [-0.4, -0.2) is 18.0 Å². The van der Waals surface area contributed by atoms with Gasteiger partial charge >= 0.3 is 5.97 Å². The fourth-order valence-corrected chi connectivity index (χ4v) is 3.00. The van der Waals surface area contributed by atoms with Crippen molar-refractivity contribution in [3.8, 4) is 5.75 Å². The highest BCUT2D eigenvalue weighted by Crippen LogP contribution is 2.38. The summed E-state index contributed by atoms with van der Waals surface area (Å²) < 4.78 is 11.4. The standard InChI is InChI=1S/C20H21NO4/c1-12-17-9-4-5-10-18(17)25-19(12)20(23)24-13(2)15-7-6-8-16(11-15)21-14(3)22/h4-13,19H,1-3H3,(H,21,22)/t12-,13+,19-/m1/s1. The molecule has 0 saturated heterocycles. The van der Waals surface area contributed by atoms with Crippen molar-refractivity contribution in [1.29, 1.82) is 0 Å². The van der Waals surface area contributed by atoms with Crippen molar-refractivity contribution in [2.45, 2.75) is 38.9 Å². The van der Waals surface area contributed by atoms with Crippen molar-refractivity contribution in [3.63, 3.8) is 0 Å². The zero-order valence-electron chi connectivity index (χ0n) is 14.5. The zero-order valence-corrected chi connectivity index (χ0v) is 14.5. The predicted octanol–water partition coefficient (Wildman–Crippen LogP) is 3.81. The molecule has 25 heavy (non-hydrogen) atoms. The third kappa shape index (κ3) is 3.65. The number of hydrogen-bond acceptors (Lipinski definition) is 4. The highest BCUT2D eigenvalue weighted by atomic mass is 16.6. The number of benzene rings is 2. The van der Waals surface area contributed by atoms with Crippen molar-refractivity contribution in [2.75, 3.05) is 5.32 Å². The van der Waals surface area contributed by atoms with Gasteiger partial charge in [-0.25, -0.2) is 4.79 Å². The number of esters is 1. The largest absolute Gasteiger partial charge is 0.478 e. The highest BCUT2D eigenvalue weighted by molar-refractivity contribution is 5.88. The highest BCUT2D eigenvalue weighted by Gasteiger charge is 2.38. The second kappa shape index (κ2) is 6.97. The van der Waals surface area contributed by atoms with Crippen LogP contribution >= 0.6 is 0 Å². The van der Waals surface area contributed by atoms with Gasteiger partial charge < -0.3 is 14.8 Å². The Kier molecular flexibility index (Phi) is 4.74. The summed E-state index contributed by atoms with van der Waals surface area (Å²) in [6.45, 7) is 5.21. The number of hydrogen-bond donors (Lipinski definition) is 1. The van der Waals surface area contributed by atoms with Gasteiger partial charge in [0.2, 0.25) is 12.0 Å². The molecule has 0 aliphatic carbocycles. The van der Waals surface area contributed by atoms with Gasteiger partial charge in [-0.2, -0.15) is 0 Å². The van der Waals surface area contributed by atoms with E-state index in [0.717, 1.165) is 16.9 Å². The van der Waals surface area contributed by atoms with E-state index in [0.29, 0.717) is 5.69 Å². The molecule has 3 atom stereocenters. The normalized spacial score (nSPS) is 19.5. The van der Waals surface area contributed by atoms with E-state index in [4.69, 9.17) is 9.47 Å². The molecule has 1 aliphatic rings. The maximum atomic E-state index is 12.6. The van der Waals surface area contributed by atoms with Crippen LogP contribution in [0.2, 0.25) is 0 Å². The monoisotopic (exact) mass is 339 g/mol. The van der Waals surface area contributed by atoms with Crippen LogP contribution in [-0.2, 0) is 14.3 Å². The van der Waals surface area contributed by atoms with Gasteiger partial charge in [0.05, 0.1) is 0 Å². The minimum absolute atomic E-state index is 0.0541. The summed E-state index contributed by atoms with van der Waals surface area (Å²) in [4.78, 5) is 23.7. The number of fused-ring (bicyclic) bond motifs is 1. The first-order chi connectivity index (χ1) is 12.0. The maximum Gasteiger partial charge on any atom is 0.348 e. The molecule has 130 valence electrons. The van der Waals surface area contributed by atoms with Crippen LogP contribution in [0, 0.1) is 0 Å². The topological polar surface area (TPSA) is 64.6 Å². The Hall–Kier alpha value is -2.82. The molecule has 1 amide bonds. The molecule has 2 aromatic carbocycles. The van der Waals surface area contributed by atoms with Crippen LogP contribution in [0.4, 0.5) is 5.69 Å². The van der Waals surface area contributed by atoms with Crippen molar-refractivity contribution in [3.05, 3.63) is 59.7 Å². The first-order valence-electron chi connectivity index (χ1n) is 8.29. The van der Waals surface area contributed by atoms with Gasteiger partial charge in [-0.15, -0.1) is 0 Å². The maximum absolute atomic E-state index is 12.6. The summed E-state index contributed by atoms with van der Waals surface area (Å²) in [6.07, 6.45) is -1.08. The molecule has 0 saturated carbocycles. The summed E-state index contributed by atoms with van der Waals surface area (Å²) >= 11 is 0. The minimum Gasteiger partial charge on any atom is -0.478 e. The van der Waals surface area contributed by atoms with Crippen molar-refractivity contribution in [1.82, 2.24) is 0 Å². The van der Waals surface area contributed by atoms with E-state index < -0.39 is 12.2 Å². The summed E-state index contributed by atoms with van der Waals surface area (Å²) in [5.74, 6) is 0.146. The third-order valence-electron chi connectivity index (χ3n) is 4.32. The average molecular weight is 339 g/mol. The molecule has 0 bridgehead atoms. The Morgan fingerprint density at radius 3 is 2.64 bits per heavy atom.